The summed E-state index contributed by atoms with van der Waals surface area (Å²) in [6.45, 7) is 4.64. The topological polar surface area (TPSA) is 237 Å². The van der Waals surface area contributed by atoms with Crippen molar-refractivity contribution in [3.05, 3.63) is 0 Å². The van der Waals surface area contributed by atoms with Crippen molar-refractivity contribution in [2.75, 3.05) is 39.6 Å². The molecule has 17 nitrogen and oxygen atoms in total. The summed E-state index contributed by atoms with van der Waals surface area (Å²) in [5, 5.41) is 10.4. The van der Waals surface area contributed by atoms with Crippen LogP contribution in [0.1, 0.15) is 285 Å². The van der Waals surface area contributed by atoms with Crippen molar-refractivity contribution >= 4 is 39.5 Å². The summed E-state index contributed by atoms with van der Waals surface area (Å²) in [6.07, 6.45) is 35.7. The normalized spacial score (nSPS) is 14.4. The molecule has 0 aliphatic heterocycles. The number of ether oxygens (including phenoxy) is 4. The maximum absolute atomic E-state index is 12.9. The lowest BCUT2D eigenvalue weighted by Gasteiger charge is -2.21. The molecule has 19 heteroatoms. The quantitative estimate of drug-likeness (QED) is 0.0222. The average Bonchev–Trinajstić information content (AvgIpc) is 3.39. The van der Waals surface area contributed by atoms with E-state index in [4.69, 9.17) is 37.0 Å². The van der Waals surface area contributed by atoms with Gasteiger partial charge in [0.1, 0.15) is 19.3 Å². The fraction of sp³-hybridized carbons (Fsp3) is 0.930. The predicted octanol–water partition coefficient (Wildman–Crippen LogP) is 15.2. The van der Waals surface area contributed by atoms with Crippen molar-refractivity contribution in [3.8, 4) is 0 Å². The van der Waals surface area contributed by atoms with E-state index in [0.29, 0.717) is 25.7 Å². The van der Waals surface area contributed by atoms with Gasteiger partial charge in [0.05, 0.1) is 26.4 Å². The number of hydrogen-bond acceptors (Lipinski definition) is 15. The lowest BCUT2D eigenvalue weighted by atomic mass is 10.0. The molecule has 3 N–H and O–H groups in total. The number of aliphatic hydroxyl groups is 1. The standard InChI is InChI=1S/C57H110O17P2/c1-5-9-13-17-19-21-22-23-24-25-26-27-28-30-32-36-40-44-57(62)74-53(48-68-55(60)42-38-35-31-29-20-18-14-10-6-2)50-72-76(65,66)70-46-51(58)45-69-75(63,64)71-49-52(73-56(61)43-39-34-16-12-8-4)47-67-54(59)41-37-33-15-11-7-3/h51-53,58H,5-50H2,1-4H3,(H,63,64)(H,65,66)/t51-,52+,53+/m0/s1. The van der Waals surface area contributed by atoms with Crippen LogP contribution in [-0.2, 0) is 65.4 Å². The molecule has 0 fully saturated rings. The Labute approximate surface area is 460 Å². The molecule has 0 aromatic carbocycles. The van der Waals surface area contributed by atoms with Crippen LogP contribution < -0.4 is 0 Å². The van der Waals surface area contributed by atoms with Gasteiger partial charge in [0, 0.05) is 25.7 Å². The first-order valence-electron chi connectivity index (χ1n) is 30.3. The fourth-order valence-corrected chi connectivity index (χ4v) is 9.98. The van der Waals surface area contributed by atoms with Gasteiger partial charge >= 0.3 is 39.5 Å². The first-order chi connectivity index (χ1) is 36.7. The Hall–Kier alpha value is -1.94. The molecule has 0 aliphatic carbocycles. The summed E-state index contributed by atoms with van der Waals surface area (Å²) in [5.41, 5.74) is 0. The molecule has 0 aromatic heterocycles. The number of carbonyl (C=O) groups is 4. The van der Waals surface area contributed by atoms with Crippen LogP contribution in [0, 0.1) is 0 Å². The second kappa shape index (κ2) is 52.4. The molecule has 450 valence electrons. The number of carbonyl (C=O) groups excluding carboxylic acids is 4. The number of hydrogen-bond donors (Lipinski definition) is 3. The van der Waals surface area contributed by atoms with E-state index >= 15 is 0 Å². The zero-order valence-electron chi connectivity index (χ0n) is 48.2. The van der Waals surface area contributed by atoms with E-state index in [1.807, 2.05) is 0 Å². The molecule has 0 saturated heterocycles. The van der Waals surface area contributed by atoms with E-state index in [1.165, 1.54) is 109 Å². The van der Waals surface area contributed by atoms with Gasteiger partial charge < -0.3 is 33.8 Å². The maximum Gasteiger partial charge on any atom is 0.472 e. The maximum atomic E-state index is 12.9. The zero-order chi connectivity index (χ0) is 56.2. The van der Waals surface area contributed by atoms with Crippen LogP contribution in [0.3, 0.4) is 0 Å². The Morgan fingerprint density at radius 3 is 0.776 bits per heavy atom. The third-order valence-corrected chi connectivity index (χ3v) is 15.0. The number of aliphatic hydroxyl groups excluding tert-OH is 1. The average molecular weight is 1130 g/mol. The van der Waals surface area contributed by atoms with Gasteiger partial charge in [-0.15, -0.1) is 0 Å². The Morgan fingerprint density at radius 1 is 0.316 bits per heavy atom. The first-order valence-corrected chi connectivity index (χ1v) is 33.3. The molecule has 0 rings (SSSR count). The van der Waals surface area contributed by atoms with Crippen LogP contribution in [0.2, 0.25) is 0 Å². The third kappa shape index (κ3) is 51.5. The molecule has 5 atom stereocenters. The van der Waals surface area contributed by atoms with Crippen LogP contribution in [0.5, 0.6) is 0 Å². The Kier molecular flexibility index (Phi) is 51.1. The van der Waals surface area contributed by atoms with E-state index in [0.717, 1.165) is 96.3 Å². The second-order valence-electron chi connectivity index (χ2n) is 20.7. The monoisotopic (exact) mass is 1130 g/mol. The van der Waals surface area contributed by atoms with Gasteiger partial charge in [-0.1, -0.05) is 233 Å². The summed E-state index contributed by atoms with van der Waals surface area (Å²) in [4.78, 5) is 71.3. The summed E-state index contributed by atoms with van der Waals surface area (Å²) < 4.78 is 67.2. The van der Waals surface area contributed by atoms with E-state index in [9.17, 15) is 43.2 Å². The summed E-state index contributed by atoms with van der Waals surface area (Å²) in [6, 6.07) is 0. The minimum Gasteiger partial charge on any atom is -0.462 e. The molecular formula is C57H110O17P2. The highest BCUT2D eigenvalue weighted by atomic mass is 31.2. The van der Waals surface area contributed by atoms with Crippen molar-refractivity contribution in [1.82, 2.24) is 0 Å². The Bertz CT molecular complexity index is 1490. The number of unbranched alkanes of at least 4 members (excludes halogenated alkanes) is 32. The SMILES string of the molecule is CCCCCCCCCCCCCCCCCCCC(=O)O[C@H](COC(=O)CCCCCCCCCCC)COP(=O)(O)OC[C@@H](O)COP(=O)(O)OC[C@@H](COC(=O)CCCCCCC)OC(=O)CCCCCCC. The van der Waals surface area contributed by atoms with Crippen LogP contribution >= 0.6 is 15.6 Å². The third-order valence-electron chi connectivity index (χ3n) is 13.1. The number of phosphoric acid groups is 2. The molecule has 0 amide bonds. The smallest absolute Gasteiger partial charge is 0.462 e. The number of esters is 4. The molecule has 0 aromatic rings. The summed E-state index contributed by atoms with van der Waals surface area (Å²) >= 11 is 0. The van der Waals surface area contributed by atoms with Crippen molar-refractivity contribution in [1.29, 1.82) is 0 Å². The van der Waals surface area contributed by atoms with Crippen LogP contribution in [0.25, 0.3) is 0 Å². The van der Waals surface area contributed by atoms with E-state index in [1.54, 1.807) is 0 Å². The van der Waals surface area contributed by atoms with E-state index in [-0.39, 0.29) is 25.7 Å². The van der Waals surface area contributed by atoms with Crippen molar-refractivity contribution in [2.24, 2.45) is 0 Å². The molecule has 0 aliphatic rings. The molecule has 0 saturated carbocycles. The van der Waals surface area contributed by atoms with Gasteiger partial charge in [0.25, 0.3) is 0 Å². The largest absolute Gasteiger partial charge is 0.472 e. The number of phosphoric ester groups is 2. The molecule has 0 heterocycles. The van der Waals surface area contributed by atoms with Gasteiger partial charge in [-0.25, -0.2) is 9.13 Å². The Morgan fingerprint density at radius 2 is 0.526 bits per heavy atom. The predicted molar refractivity (Wildman–Crippen MR) is 299 cm³/mol. The molecular weight excluding hydrogens is 1020 g/mol. The zero-order valence-corrected chi connectivity index (χ0v) is 50.0. The number of rotatable bonds is 58. The minimum atomic E-state index is -4.93. The molecule has 0 spiro atoms. The lowest BCUT2D eigenvalue weighted by Crippen LogP contribution is -2.30. The van der Waals surface area contributed by atoms with Crippen molar-refractivity contribution in [2.45, 2.75) is 303 Å². The van der Waals surface area contributed by atoms with Crippen LogP contribution in [0.4, 0.5) is 0 Å². The highest BCUT2D eigenvalue weighted by molar-refractivity contribution is 7.47. The van der Waals surface area contributed by atoms with E-state index < -0.39 is 97.5 Å². The molecule has 76 heavy (non-hydrogen) atoms. The molecule has 0 bridgehead atoms. The van der Waals surface area contributed by atoms with Crippen molar-refractivity contribution in [3.63, 3.8) is 0 Å². The Balaban J connectivity index is 5.07. The van der Waals surface area contributed by atoms with Crippen LogP contribution in [0.15, 0.2) is 0 Å². The van der Waals surface area contributed by atoms with Crippen molar-refractivity contribution < 1.29 is 80.2 Å². The van der Waals surface area contributed by atoms with Crippen LogP contribution in [-0.4, -0.2) is 96.7 Å². The second-order valence-corrected chi connectivity index (χ2v) is 23.6. The van der Waals surface area contributed by atoms with E-state index in [2.05, 4.69) is 27.7 Å². The van der Waals surface area contributed by atoms with Gasteiger partial charge in [0.2, 0.25) is 0 Å². The summed E-state index contributed by atoms with van der Waals surface area (Å²) in [5.74, 6) is -2.17. The minimum absolute atomic E-state index is 0.0990. The van der Waals surface area contributed by atoms with Gasteiger partial charge in [0.15, 0.2) is 12.2 Å². The van der Waals surface area contributed by atoms with Gasteiger partial charge in [-0.05, 0) is 25.7 Å². The first kappa shape index (κ1) is 74.1. The van der Waals surface area contributed by atoms with Gasteiger partial charge in [-0.3, -0.25) is 37.3 Å². The highest BCUT2D eigenvalue weighted by Crippen LogP contribution is 2.45. The molecule has 0 radical (unpaired) electrons. The highest BCUT2D eigenvalue weighted by Gasteiger charge is 2.30. The fourth-order valence-electron chi connectivity index (χ4n) is 8.40. The molecule has 2 unspecified atom stereocenters. The van der Waals surface area contributed by atoms with Gasteiger partial charge in [-0.2, -0.15) is 0 Å². The lowest BCUT2D eigenvalue weighted by molar-refractivity contribution is -0.161. The summed E-state index contributed by atoms with van der Waals surface area (Å²) in [7, 11) is -9.85.